The van der Waals surface area contributed by atoms with E-state index < -0.39 is 19.5 Å². The van der Waals surface area contributed by atoms with Crippen LogP contribution in [0.1, 0.15) is 23.7 Å². The van der Waals surface area contributed by atoms with Gasteiger partial charge in [-0.3, -0.25) is 0 Å². The fourth-order valence-electron chi connectivity index (χ4n) is 2.49. The van der Waals surface area contributed by atoms with Gasteiger partial charge in [0.25, 0.3) is 0 Å². The summed E-state index contributed by atoms with van der Waals surface area (Å²) in [6, 6.07) is 12.2. The van der Waals surface area contributed by atoms with Crippen molar-refractivity contribution in [2.24, 2.45) is 0 Å². The van der Waals surface area contributed by atoms with Crippen molar-refractivity contribution in [3.63, 3.8) is 0 Å². The van der Waals surface area contributed by atoms with E-state index in [1.165, 1.54) is 41.1 Å². The number of phenolic OH excluding ortho intramolecular Hbond substituents is 1. The van der Waals surface area contributed by atoms with Gasteiger partial charge in [-0.1, -0.05) is 30.3 Å². The van der Waals surface area contributed by atoms with Crippen molar-refractivity contribution in [2.75, 3.05) is 5.75 Å². The van der Waals surface area contributed by atoms with E-state index in [9.17, 15) is 22.0 Å². The molecule has 3 rings (SSSR count). The first kappa shape index (κ1) is 18.6. The molecule has 130 valence electrons. The minimum absolute atomic E-state index is 0.470. The Hall–Kier alpha value is -0.752. The van der Waals surface area contributed by atoms with Crippen LogP contribution in [0.15, 0.2) is 36.4 Å². The number of aromatic hydroxyl groups is 1. The number of benzene rings is 2. The molecule has 1 N–H and O–H groups in total. The Labute approximate surface area is 135 Å². The fraction of sp³-hybridized carbons (Fsp3) is 0.286. The molecule has 1 fully saturated rings. The molecular weight excluding hydrogens is 452 g/mol. The van der Waals surface area contributed by atoms with Crippen molar-refractivity contribution in [3.05, 3.63) is 42.0 Å². The average molecular weight is 467 g/mol. The number of fused-ring (bicyclic) bond motifs is 1. The van der Waals surface area contributed by atoms with Gasteiger partial charge in [-0.05, 0) is 35.0 Å². The van der Waals surface area contributed by atoms with Crippen LogP contribution in [-0.4, -0.2) is 30.3 Å². The predicted octanol–water partition coefficient (Wildman–Crippen LogP) is 5.34. The standard InChI is InChI=1S/C14H14OS.6FH.Sb/c15-12-8-7-10-4-1-2-5-11(10)14(12)13-6-3-9-16-13;;;;;;;/h1-2,4-5,7-8,13,15H,3,6,9H2;6*1H;/q;;;;;;;+5/p-5. The molecule has 1 aliphatic heterocycles. The van der Waals surface area contributed by atoms with Crippen LogP contribution in [0.25, 0.3) is 10.8 Å². The number of phenols is 1. The third kappa shape index (κ3) is 6.71. The Bertz CT molecular complexity index is 699. The maximum atomic E-state index is 10.1. The first-order valence-electron chi connectivity index (χ1n) is 6.75. The zero-order valence-corrected chi connectivity index (χ0v) is 15.2. The van der Waals surface area contributed by atoms with Crippen LogP contribution >= 0.6 is 0 Å². The normalized spacial score (nSPS) is 21.2. The number of thiol groups is 1. The van der Waals surface area contributed by atoms with Crippen molar-refractivity contribution in [3.8, 4) is 5.75 Å². The fourth-order valence-corrected chi connectivity index (χ4v) is 3.99. The Morgan fingerprint density at radius 1 is 0.957 bits per heavy atom. The van der Waals surface area contributed by atoms with Crippen molar-refractivity contribution in [2.45, 2.75) is 18.1 Å². The predicted molar refractivity (Wildman–Crippen MR) is 83.6 cm³/mol. The van der Waals surface area contributed by atoms with E-state index in [1.807, 2.05) is 12.1 Å². The Morgan fingerprint density at radius 3 is 2.13 bits per heavy atom. The second-order valence-electron chi connectivity index (χ2n) is 5.24. The van der Waals surface area contributed by atoms with Crippen molar-refractivity contribution >= 4 is 42.0 Å². The quantitative estimate of drug-likeness (QED) is 0.260. The summed E-state index contributed by atoms with van der Waals surface area (Å²) in [6.07, 6.45) is 2.50. The van der Waals surface area contributed by atoms with Crippen LogP contribution in [0, 0.1) is 0 Å². The summed E-state index contributed by atoms with van der Waals surface area (Å²) in [5, 5.41) is 13.1. The molecular formula is C14H15F6OSSb. The molecule has 0 aromatic heterocycles. The summed E-state index contributed by atoms with van der Waals surface area (Å²) in [5.41, 5.74) is 1.16. The van der Waals surface area contributed by atoms with Gasteiger partial charge in [0.1, 0.15) is 16.8 Å². The second-order valence-corrected chi connectivity index (χ2v) is 12.1. The zero-order chi connectivity index (χ0) is 17.4. The summed E-state index contributed by atoms with van der Waals surface area (Å²) in [7, 11) is 0. The first-order valence-corrected chi connectivity index (χ1v) is 13.7. The van der Waals surface area contributed by atoms with Crippen LogP contribution in [0.4, 0.5) is 16.9 Å². The molecule has 0 amide bonds. The van der Waals surface area contributed by atoms with Crippen molar-refractivity contribution < 1.29 is 22.0 Å². The molecule has 0 aliphatic carbocycles. The molecule has 0 saturated carbocycles. The van der Waals surface area contributed by atoms with Crippen molar-refractivity contribution in [1.29, 1.82) is 0 Å². The van der Waals surface area contributed by atoms with E-state index in [4.69, 9.17) is 0 Å². The zero-order valence-electron chi connectivity index (χ0n) is 11.8. The molecule has 1 atom stereocenters. The topological polar surface area (TPSA) is 20.2 Å². The molecule has 0 spiro atoms. The maximum absolute atomic E-state index is 11.2. The third-order valence-electron chi connectivity index (χ3n) is 3.27. The van der Waals surface area contributed by atoms with E-state index in [0.717, 1.165) is 5.56 Å². The van der Waals surface area contributed by atoms with E-state index in [-0.39, 0.29) is 0 Å². The monoisotopic (exact) mass is 466 g/mol. The number of hydrogen-bond donors (Lipinski definition) is 1. The molecule has 2 aromatic rings. The average Bonchev–Trinajstić information content (AvgIpc) is 2.88. The Balaban J connectivity index is 0.000000236. The second kappa shape index (κ2) is 5.66. The SMILES string of the molecule is Oc1ccc2ccccc2c1C1CCC[SH+]1.[F][Sb-]([F])([F])([F])([F])[F]. The molecule has 1 aliphatic rings. The number of hydrogen-bond acceptors (Lipinski definition) is 1. The molecule has 2 aromatic carbocycles. The van der Waals surface area contributed by atoms with Gasteiger partial charge < -0.3 is 5.11 Å². The van der Waals surface area contributed by atoms with Crippen LogP contribution in [0.5, 0.6) is 5.75 Å². The molecule has 1 heterocycles. The molecule has 0 bridgehead atoms. The van der Waals surface area contributed by atoms with Gasteiger partial charge in [0.05, 0.1) is 5.56 Å². The molecule has 0 radical (unpaired) electrons. The Kier molecular flexibility index (Phi) is 4.57. The van der Waals surface area contributed by atoms with E-state index in [0.29, 0.717) is 11.0 Å². The molecule has 1 nitrogen and oxygen atoms in total. The van der Waals surface area contributed by atoms with Gasteiger partial charge >= 0.3 is 36.4 Å². The third-order valence-corrected chi connectivity index (χ3v) is 4.80. The van der Waals surface area contributed by atoms with E-state index in [1.54, 1.807) is 0 Å². The Morgan fingerprint density at radius 2 is 1.57 bits per heavy atom. The van der Waals surface area contributed by atoms with Crippen molar-refractivity contribution in [1.82, 2.24) is 0 Å². The minimum atomic E-state index is -11.2. The first-order chi connectivity index (χ1) is 10.3. The summed E-state index contributed by atoms with van der Waals surface area (Å²) < 4.78 is 59.6. The van der Waals surface area contributed by atoms with Crippen LogP contribution in [0.3, 0.4) is 0 Å². The summed E-state index contributed by atoms with van der Waals surface area (Å²) in [5.74, 6) is 1.74. The number of rotatable bonds is 1. The van der Waals surface area contributed by atoms with Gasteiger partial charge in [-0.25, -0.2) is 0 Å². The molecule has 1 unspecified atom stereocenters. The molecule has 23 heavy (non-hydrogen) atoms. The molecule has 9 heteroatoms. The van der Waals surface area contributed by atoms with Crippen LogP contribution < -0.4 is 0 Å². The summed E-state index contributed by atoms with van der Waals surface area (Å²) in [6.45, 7) is 0. The van der Waals surface area contributed by atoms with Gasteiger partial charge in [-0.2, -0.15) is 0 Å². The van der Waals surface area contributed by atoms with Gasteiger partial charge in [0.2, 0.25) is 0 Å². The van der Waals surface area contributed by atoms with E-state index in [2.05, 4.69) is 24.3 Å². The van der Waals surface area contributed by atoms with Gasteiger partial charge in [-0.15, -0.1) is 0 Å². The van der Waals surface area contributed by atoms with Gasteiger partial charge in [0.15, 0.2) is 0 Å². The summed E-state index contributed by atoms with van der Waals surface area (Å²) in [4.78, 5) is 0. The van der Waals surface area contributed by atoms with E-state index >= 15 is 0 Å². The van der Waals surface area contributed by atoms with Gasteiger partial charge in [0, 0.05) is 6.42 Å². The van der Waals surface area contributed by atoms with Crippen LogP contribution in [-0.2, 0) is 11.8 Å². The molecule has 1 saturated heterocycles. The number of halogens is 6. The van der Waals surface area contributed by atoms with Crippen LogP contribution in [0.2, 0.25) is 0 Å². The summed E-state index contributed by atoms with van der Waals surface area (Å²) >= 11 is -9.78.